The van der Waals surface area contributed by atoms with Crippen LogP contribution in [0.1, 0.15) is 39.7 Å². The molecule has 0 radical (unpaired) electrons. The van der Waals surface area contributed by atoms with Gasteiger partial charge >= 0.3 is 0 Å². The molecule has 18 heavy (non-hydrogen) atoms. The lowest BCUT2D eigenvalue weighted by molar-refractivity contribution is 0.409. The number of nitrogens with one attached hydrogen (secondary N) is 1. The van der Waals surface area contributed by atoms with Crippen LogP contribution in [-0.4, -0.2) is 24.2 Å². The largest absolute Gasteiger partial charge is 0.364 e. The molecule has 1 heterocycles. The van der Waals surface area contributed by atoms with Gasteiger partial charge in [0.05, 0.1) is 0 Å². The molecular weight excluding hydrogens is 220 g/mol. The van der Waals surface area contributed by atoms with Crippen LogP contribution in [0, 0.1) is 6.92 Å². The summed E-state index contributed by atoms with van der Waals surface area (Å²) in [6.07, 6.45) is 1.17. The molecule has 0 aliphatic carbocycles. The third-order valence-corrected chi connectivity index (χ3v) is 4.03. The van der Waals surface area contributed by atoms with Crippen LogP contribution in [0.5, 0.6) is 0 Å². The molecule has 2 nitrogen and oxygen atoms in total. The van der Waals surface area contributed by atoms with E-state index in [1.165, 1.54) is 17.7 Å². The molecule has 0 spiro atoms. The molecule has 0 bridgehead atoms. The second-order valence-corrected chi connectivity index (χ2v) is 6.75. The van der Waals surface area contributed by atoms with Crippen LogP contribution < -0.4 is 10.2 Å². The molecule has 100 valence electrons. The fourth-order valence-corrected chi connectivity index (χ4v) is 2.78. The zero-order valence-corrected chi connectivity index (χ0v) is 12.4. The van der Waals surface area contributed by atoms with E-state index >= 15 is 0 Å². The maximum Gasteiger partial charge on any atom is 0.0401 e. The summed E-state index contributed by atoms with van der Waals surface area (Å²) in [6.45, 7) is 13.6. The van der Waals surface area contributed by atoms with Gasteiger partial charge in [0.15, 0.2) is 0 Å². The molecule has 0 amide bonds. The lowest BCUT2D eigenvalue weighted by Crippen LogP contribution is -2.51. The van der Waals surface area contributed by atoms with Gasteiger partial charge in [-0.3, -0.25) is 0 Å². The number of para-hydroxylation sites is 1. The number of nitrogens with zero attached hydrogens (tertiary/aromatic N) is 1. The van der Waals surface area contributed by atoms with Crippen molar-refractivity contribution in [3.63, 3.8) is 0 Å². The number of hydrogen-bond acceptors (Lipinski definition) is 2. The average molecular weight is 246 g/mol. The van der Waals surface area contributed by atoms with Gasteiger partial charge in [0.1, 0.15) is 0 Å². The maximum absolute atomic E-state index is 3.65. The van der Waals surface area contributed by atoms with E-state index in [0.29, 0.717) is 0 Å². The molecule has 1 aliphatic heterocycles. The smallest absolute Gasteiger partial charge is 0.0401 e. The van der Waals surface area contributed by atoms with Gasteiger partial charge in [0.25, 0.3) is 0 Å². The van der Waals surface area contributed by atoms with E-state index in [2.05, 4.69) is 69.1 Å². The van der Waals surface area contributed by atoms with E-state index < -0.39 is 0 Å². The number of anilines is 1. The van der Waals surface area contributed by atoms with Crippen molar-refractivity contribution in [1.29, 1.82) is 0 Å². The number of aryl methyl sites for hydroxylation is 1. The van der Waals surface area contributed by atoms with Gasteiger partial charge in [-0.1, -0.05) is 18.2 Å². The second-order valence-electron chi connectivity index (χ2n) is 6.75. The van der Waals surface area contributed by atoms with Gasteiger partial charge in [-0.2, -0.15) is 0 Å². The number of hydrogen-bond donors (Lipinski definition) is 1. The Morgan fingerprint density at radius 1 is 1.11 bits per heavy atom. The topological polar surface area (TPSA) is 15.3 Å². The highest BCUT2D eigenvalue weighted by atomic mass is 15.2. The summed E-state index contributed by atoms with van der Waals surface area (Å²) < 4.78 is 0. The molecule has 1 N–H and O–H groups in total. The van der Waals surface area contributed by atoms with E-state index in [9.17, 15) is 0 Å². The minimum Gasteiger partial charge on any atom is -0.364 e. The van der Waals surface area contributed by atoms with Crippen LogP contribution in [0.4, 0.5) is 5.69 Å². The Bertz CT molecular complexity index is 421. The third-order valence-electron chi connectivity index (χ3n) is 4.03. The number of rotatable bonds is 1. The van der Waals surface area contributed by atoms with E-state index in [1.807, 2.05) is 0 Å². The highest BCUT2D eigenvalue weighted by Gasteiger charge is 2.35. The molecule has 1 saturated heterocycles. The van der Waals surface area contributed by atoms with Gasteiger partial charge in [-0.25, -0.2) is 0 Å². The molecular formula is C16H26N2. The van der Waals surface area contributed by atoms with Crippen LogP contribution >= 0.6 is 0 Å². The van der Waals surface area contributed by atoms with Crippen LogP contribution in [0.15, 0.2) is 24.3 Å². The molecule has 1 aromatic carbocycles. The van der Waals surface area contributed by atoms with Crippen LogP contribution in [-0.2, 0) is 0 Å². The molecule has 1 aromatic rings. The summed E-state index contributed by atoms with van der Waals surface area (Å²) in [5.41, 5.74) is 3.10. The van der Waals surface area contributed by atoms with Crippen molar-refractivity contribution >= 4 is 5.69 Å². The summed E-state index contributed by atoms with van der Waals surface area (Å²) in [7, 11) is 0. The quantitative estimate of drug-likeness (QED) is 0.817. The summed E-state index contributed by atoms with van der Waals surface area (Å²) in [4.78, 5) is 2.57. The molecule has 0 aromatic heterocycles. The monoisotopic (exact) mass is 246 g/mol. The van der Waals surface area contributed by atoms with Crippen LogP contribution in [0.25, 0.3) is 0 Å². The predicted molar refractivity (Wildman–Crippen MR) is 79.3 cm³/mol. The lowest BCUT2D eigenvalue weighted by atomic mass is 9.95. The Balaban J connectivity index is 2.41. The third kappa shape index (κ3) is 2.69. The molecule has 0 atom stereocenters. The summed E-state index contributed by atoms with van der Waals surface area (Å²) in [6, 6.07) is 8.71. The number of benzene rings is 1. The van der Waals surface area contributed by atoms with Crippen molar-refractivity contribution in [3.05, 3.63) is 29.8 Å². The fraction of sp³-hybridized carbons (Fsp3) is 0.625. The van der Waals surface area contributed by atoms with Crippen LogP contribution in [0.3, 0.4) is 0 Å². The molecule has 0 unspecified atom stereocenters. The lowest BCUT2D eigenvalue weighted by Gasteiger charge is -2.42. The highest BCUT2D eigenvalue weighted by Crippen LogP contribution is 2.32. The predicted octanol–water partition coefficient (Wildman–Crippen LogP) is 3.35. The zero-order chi connectivity index (χ0) is 13.4. The first-order valence-corrected chi connectivity index (χ1v) is 6.90. The Kier molecular flexibility index (Phi) is 3.41. The molecule has 2 rings (SSSR count). The van der Waals surface area contributed by atoms with Crippen LogP contribution in [0.2, 0.25) is 0 Å². The molecule has 0 saturated carbocycles. The molecule has 2 heteroatoms. The van der Waals surface area contributed by atoms with Crippen molar-refractivity contribution in [2.45, 2.75) is 52.1 Å². The van der Waals surface area contributed by atoms with Crippen molar-refractivity contribution in [2.75, 3.05) is 18.0 Å². The minimum atomic E-state index is 0.163. The van der Waals surface area contributed by atoms with E-state index in [1.54, 1.807) is 0 Å². The minimum absolute atomic E-state index is 0.163. The SMILES string of the molecule is Cc1ccccc1N1CC(C)(C)NCCC1(C)C. The van der Waals surface area contributed by atoms with Gasteiger partial charge in [-0.15, -0.1) is 0 Å². The second kappa shape index (κ2) is 4.58. The maximum atomic E-state index is 3.65. The first-order valence-electron chi connectivity index (χ1n) is 6.90. The average Bonchev–Trinajstić information content (AvgIpc) is 2.36. The van der Waals surface area contributed by atoms with Crippen molar-refractivity contribution in [3.8, 4) is 0 Å². The summed E-state index contributed by atoms with van der Waals surface area (Å²) >= 11 is 0. The van der Waals surface area contributed by atoms with E-state index in [4.69, 9.17) is 0 Å². The van der Waals surface area contributed by atoms with E-state index in [-0.39, 0.29) is 11.1 Å². The zero-order valence-electron chi connectivity index (χ0n) is 12.4. The van der Waals surface area contributed by atoms with Crippen molar-refractivity contribution in [2.24, 2.45) is 0 Å². The van der Waals surface area contributed by atoms with Crippen molar-refractivity contribution in [1.82, 2.24) is 5.32 Å². The molecule has 1 aliphatic rings. The standard InChI is InChI=1S/C16H26N2/c1-13-8-6-7-9-14(13)18-12-15(2,3)17-11-10-16(18,4)5/h6-9,17H,10-12H2,1-5H3. The first kappa shape index (κ1) is 13.4. The van der Waals surface area contributed by atoms with Gasteiger partial charge < -0.3 is 10.2 Å². The summed E-state index contributed by atoms with van der Waals surface area (Å²) in [5.74, 6) is 0. The van der Waals surface area contributed by atoms with Gasteiger partial charge in [0.2, 0.25) is 0 Å². The normalized spacial score (nSPS) is 22.6. The first-order chi connectivity index (χ1) is 8.32. The highest BCUT2D eigenvalue weighted by molar-refractivity contribution is 5.55. The summed E-state index contributed by atoms with van der Waals surface area (Å²) in [5, 5.41) is 3.65. The Morgan fingerprint density at radius 2 is 1.78 bits per heavy atom. The van der Waals surface area contributed by atoms with Gasteiger partial charge in [-0.05, 0) is 59.2 Å². The Labute approximate surface area is 111 Å². The Hall–Kier alpha value is -1.02. The molecule has 1 fully saturated rings. The van der Waals surface area contributed by atoms with Crippen molar-refractivity contribution < 1.29 is 0 Å². The fourth-order valence-electron chi connectivity index (χ4n) is 2.78. The van der Waals surface area contributed by atoms with E-state index in [0.717, 1.165) is 13.1 Å². The van der Waals surface area contributed by atoms with Gasteiger partial charge in [0, 0.05) is 23.3 Å². The Morgan fingerprint density at radius 3 is 2.44 bits per heavy atom.